The van der Waals surface area contributed by atoms with E-state index >= 15 is 0 Å². The molecule has 0 aliphatic rings. The zero-order valence-electron chi connectivity index (χ0n) is 7.22. The van der Waals surface area contributed by atoms with Crippen LogP contribution in [0.25, 0.3) is 0 Å². The van der Waals surface area contributed by atoms with Gasteiger partial charge in [0.05, 0.1) is 0 Å². The third kappa shape index (κ3) is 1.56. The first-order valence-electron chi connectivity index (χ1n) is 3.73. The van der Waals surface area contributed by atoms with E-state index in [1.807, 2.05) is 20.0 Å². The SMILES string of the molecule is CNc1ccc(C(N)=O)cc1C. The molecule has 0 aliphatic heterocycles. The fourth-order valence-electron chi connectivity index (χ4n) is 1.10. The van der Waals surface area contributed by atoms with Crippen molar-refractivity contribution in [3.63, 3.8) is 0 Å². The fourth-order valence-corrected chi connectivity index (χ4v) is 1.10. The molecule has 3 N–H and O–H groups in total. The first kappa shape index (κ1) is 8.59. The van der Waals surface area contributed by atoms with Crippen molar-refractivity contribution in [2.24, 2.45) is 5.73 Å². The third-order valence-corrected chi connectivity index (χ3v) is 1.78. The molecule has 3 nitrogen and oxygen atoms in total. The Hall–Kier alpha value is -1.51. The van der Waals surface area contributed by atoms with Crippen LogP contribution in [0.15, 0.2) is 18.2 Å². The minimum atomic E-state index is -0.388. The maximum atomic E-state index is 10.8. The van der Waals surface area contributed by atoms with Gasteiger partial charge in [-0.1, -0.05) is 0 Å². The Balaban J connectivity index is 3.10. The van der Waals surface area contributed by atoms with Gasteiger partial charge in [-0.3, -0.25) is 4.79 Å². The second kappa shape index (κ2) is 3.26. The molecule has 0 fully saturated rings. The molecule has 1 amide bonds. The molecule has 64 valence electrons. The van der Waals surface area contributed by atoms with Crippen molar-refractivity contribution in [3.05, 3.63) is 29.3 Å². The van der Waals surface area contributed by atoms with Crippen LogP contribution in [0.2, 0.25) is 0 Å². The van der Waals surface area contributed by atoms with Crippen molar-refractivity contribution < 1.29 is 4.79 Å². The van der Waals surface area contributed by atoms with Gasteiger partial charge in [-0.2, -0.15) is 0 Å². The van der Waals surface area contributed by atoms with Gasteiger partial charge in [-0.05, 0) is 30.7 Å². The predicted molar refractivity (Wildman–Crippen MR) is 49.2 cm³/mol. The fraction of sp³-hybridized carbons (Fsp3) is 0.222. The van der Waals surface area contributed by atoms with Gasteiger partial charge in [-0.15, -0.1) is 0 Å². The van der Waals surface area contributed by atoms with E-state index in [1.165, 1.54) is 0 Å². The molecule has 1 aromatic rings. The number of hydrogen-bond donors (Lipinski definition) is 2. The molecule has 0 saturated carbocycles. The molecule has 3 heteroatoms. The third-order valence-electron chi connectivity index (χ3n) is 1.78. The van der Waals surface area contributed by atoms with Crippen LogP contribution in [0.1, 0.15) is 15.9 Å². The standard InChI is InChI=1S/C9H12N2O/c1-6-5-7(9(10)12)3-4-8(6)11-2/h3-5,11H,1-2H3,(H2,10,12). The maximum absolute atomic E-state index is 10.8. The van der Waals surface area contributed by atoms with Gasteiger partial charge in [0.25, 0.3) is 0 Å². The Labute approximate surface area is 71.6 Å². The van der Waals surface area contributed by atoms with Crippen molar-refractivity contribution in [2.45, 2.75) is 6.92 Å². The highest BCUT2D eigenvalue weighted by Crippen LogP contribution is 2.14. The van der Waals surface area contributed by atoms with Crippen molar-refractivity contribution in [3.8, 4) is 0 Å². The summed E-state index contributed by atoms with van der Waals surface area (Å²) < 4.78 is 0. The summed E-state index contributed by atoms with van der Waals surface area (Å²) in [5.41, 5.74) is 7.70. The minimum Gasteiger partial charge on any atom is -0.388 e. The highest BCUT2D eigenvalue weighted by atomic mass is 16.1. The van der Waals surface area contributed by atoms with Crippen LogP contribution in [0, 0.1) is 6.92 Å². The van der Waals surface area contributed by atoms with Gasteiger partial charge in [-0.25, -0.2) is 0 Å². The molecule has 12 heavy (non-hydrogen) atoms. The lowest BCUT2D eigenvalue weighted by Crippen LogP contribution is -2.11. The summed E-state index contributed by atoms with van der Waals surface area (Å²) >= 11 is 0. The Morgan fingerprint density at radius 3 is 2.58 bits per heavy atom. The van der Waals surface area contributed by atoms with E-state index in [-0.39, 0.29) is 5.91 Å². The van der Waals surface area contributed by atoms with E-state index in [0.717, 1.165) is 11.3 Å². The summed E-state index contributed by atoms with van der Waals surface area (Å²) in [5.74, 6) is -0.388. The molecule has 0 aliphatic carbocycles. The predicted octanol–water partition coefficient (Wildman–Crippen LogP) is 1.14. The van der Waals surface area contributed by atoms with Gasteiger partial charge >= 0.3 is 0 Å². The van der Waals surface area contributed by atoms with Crippen LogP contribution in [-0.4, -0.2) is 13.0 Å². The lowest BCUT2D eigenvalue weighted by atomic mass is 10.1. The van der Waals surface area contributed by atoms with Crippen LogP contribution in [0.4, 0.5) is 5.69 Å². The lowest BCUT2D eigenvalue weighted by Gasteiger charge is -2.05. The average molecular weight is 164 g/mol. The molecular formula is C9H12N2O. The Bertz CT molecular complexity index is 307. The topological polar surface area (TPSA) is 55.1 Å². The summed E-state index contributed by atoms with van der Waals surface area (Å²) in [7, 11) is 1.84. The lowest BCUT2D eigenvalue weighted by molar-refractivity contribution is 0.100. The highest BCUT2D eigenvalue weighted by Gasteiger charge is 2.01. The summed E-state index contributed by atoms with van der Waals surface area (Å²) in [4.78, 5) is 10.8. The Kier molecular flexibility index (Phi) is 2.33. The smallest absolute Gasteiger partial charge is 0.248 e. The molecule has 0 bridgehead atoms. The van der Waals surface area contributed by atoms with Crippen molar-refractivity contribution in [2.75, 3.05) is 12.4 Å². The molecular weight excluding hydrogens is 152 g/mol. The van der Waals surface area contributed by atoms with Crippen LogP contribution >= 0.6 is 0 Å². The normalized spacial score (nSPS) is 9.50. The van der Waals surface area contributed by atoms with Gasteiger partial charge in [0, 0.05) is 18.3 Å². The molecule has 0 heterocycles. The molecule has 0 aromatic heterocycles. The number of rotatable bonds is 2. The Morgan fingerprint density at radius 1 is 1.50 bits per heavy atom. The van der Waals surface area contributed by atoms with E-state index in [2.05, 4.69) is 5.32 Å². The summed E-state index contributed by atoms with van der Waals surface area (Å²) in [6, 6.07) is 5.32. The number of nitrogens with two attached hydrogens (primary N) is 1. The maximum Gasteiger partial charge on any atom is 0.248 e. The summed E-state index contributed by atoms with van der Waals surface area (Å²) in [6.07, 6.45) is 0. The van der Waals surface area contributed by atoms with E-state index in [0.29, 0.717) is 5.56 Å². The highest BCUT2D eigenvalue weighted by molar-refractivity contribution is 5.93. The number of carbonyl (C=O) groups excluding carboxylic acids is 1. The summed E-state index contributed by atoms with van der Waals surface area (Å²) in [6.45, 7) is 1.93. The number of carbonyl (C=O) groups is 1. The number of hydrogen-bond acceptors (Lipinski definition) is 2. The number of aryl methyl sites for hydroxylation is 1. The largest absolute Gasteiger partial charge is 0.388 e. The number of benzene rings is 1. The zero-order chi connectivity index (χ0) is 9.14. The van der Waals surface area contributed by atoms with Crippen LogP contribution in [0.3, 0.4) is 0 Å². The number of primary amides is 1. The number of nitrogens with one attached hydrogen (secondary N) is 1. The molecule has 0 saturated heterocycles. The van der Waals surface area contributed by atoms with Crippen LogP contribution in [-0.2, 0) is 0 Å². The van der Waals surface area contributed by atoms with Gasteiger partial charge < -0.3 is 11.1 Å². The van der Waals surface area contributed by atoms with Crippen molar-refractivity contribution in [1.29, 1.82) is 0 Å². The second-order valence-corrected chi connectivity index (χ2v) is 2.64. The summed E-state index contributed by atoms with van der Waals surface area (Å²) in [5, 5.41) is 3.01. The molecule has 0 radical (unpaired) electrons. The first-order chi connectivity index (χ1) is 5.65. The zero-order valence-corrected chi connectivity index (χ0v) is 7.22. The quantitative estimate of drug-likeness (QED) is 0.688. The van der Waals surface area contributed by atoms with Crippen LogP contribution in [0.5, 0.6) is 0 Å². The van der Waals surface area contributed by atoms with Gasteiger partial charge in [0.1, 0.15) is 0 Å². The van der Waals surface area contributed by atoms with Crippen molar-refractivity contribution in [1.82, 2.24) is 0 Å². The molecule has 1 aromatic carbocycles. The second-order valence-electron chi connectivity index (χ2n) is 2.64. The van der Waals surface area contributed by atoms with Crippen molar-refractivity contribution >= 4 is 11.6 Å². The average Bonchev–Trinajstić information content (AvgIpc) is 2.04. The monoisotopic (exact) mass is 164 g/mol. The van der Waals surface area contributed by atoms with Crippen LogP contribution < -0.4 is 11.1 Å². The molecule has 0 unspecified atom stereocenters. The van der Waals surface area contributed by atoms with E-state index in [4.69, 9.17) is 5.73 Å². The molecule has 0 atom stereocenters. The minimum absolute atomic E-state index is 0.388. The first-order valence-corrected chi connectivity index (χ1v) is 3.73. The molecule has 1 rings (SSSR count). The van der Waals surface area contributed by atoms with E-state index in [9.17, 15) is 4.79 Å². The Morgan fingerprint density at radius 2 is 2.17 bits per heavy atom. The van der Waals surface area contributed by atoms with E-state index in [1.54, 1.807) is 12.1 Å². The number of amides is 1. The van der Waals surface area contributed by atoms with Gasteiger partial charge in [0.2, 0.25) is 5.91 Å². The number of anilines is 1. The van der Waals surface area contributed by atoms with E-state index < -0.39 is 0 Å². The molecule has 0 spiro atoms. The van der Waals surface area contributed by atoms with Gasteiger partial charge in [0.15, 0.2) is 0 Å².